The van der Waals surface area contributed by atoms with Gasteiger partial charge in [0.15, 0.2) is 0 Å². The SMILES string of the molecule is Cc1cc(C(=O)O)c(C)n1C(C)c1ccc(F)cc1. The Morgan fingerprint density at radius 3 is 2.32 bits per heavy atom. The number of carbonyl (C=O) groups is 1. The van der Waals surface area contributed by atoms with E-state index in [1.54, 1.807) is 25.1 Å². The fraction of sp³-hybridized carbons (Fsp3) is 0.267. The summed E-state index contributed by atoms with van der Waals surface area (Å²) in [6, 6.07) is 7.90. The van der Waals surface area contributed by atoms with E-state index in [2.05, 4.69) is 0 Å². The Morgan fingerprint density at radius 2 is 1.84 bits per heavy atom. The minimum Gasteiger partial charge on any atom is -0.478 e. The molecule has 0 amide bonds. The van der Waals surface area contributed by atoms with Gasteiger partial charge in [0.2, 0.25) is 0 Å². The minimum atomic E-state index is -0.925. The first-order valence-corrected chi connectivity index (χ1v) is 6.09. The molecule has 1 aromatic carbocycles. The van der Waals surface area contributed by atoms with Gasteiger partial charge in [-0.25, -0.2) is 9.18 Å². The summed E-state index contributed by atoms with van der Waals surface area (Å²) >= 11 is 0. The largest absolute Gasteiger partial charge is 0.478 e. The number of carboxylic acids is 1. The number of nitrogens with zero attached hydrogens (tertiary/aromatic N) is 1. The number of hydrogen-bond donors (Lipinski definition) is 1. The number of rotatable bonds is 3. The molecule has 3 nitrogen and oxygen atoms in total. The maximum absolute atomic E-state index is 12.9. The molecule has 2 rings (SSSR count). The Morgan fingerprint density at radius 1 is 1.26 bits per heavy atom. The second-order valence-corrected chi connectivity index (χ2v) is 4.69. The average Bonchev–Trinajstić information content (AvgIpc) is 2.65. The topological polar surface area (TPSA) is 42.2 Å². The molecule has 1 unspecified atom stereocenters. The molecule has 2 aromatic rings. The van der Waals surface area contributed by atoms with E-state index < -0.39 is 5.97 Å². The van der Waals surface area contributed by atoms with E-state index in [1.807, 2.05) is 18.4 Å². The van der Waals surface area contributed by atoms with Gasteiger partial charge in [-0.05, 0) is 44.5 Å². The zero-order valence-electron chi connectivity index (χ0n) is 11.1. The number of carboxylic acid groups (broad SMARTS) is 1. The van der Waals surface area contributed by atoms with Crippen molar-refractivity contribution in [2.24, 2.45) is 0 Å². The van der Waals surface area contributed by atoms with E-state index in [0.717, 1.165) is 11.3 Å². The van der Waals surface area contributed by atoms with Crippen molar-refractivity contribution >= 4 is 5.97 Å². The molecule has 1 aromatic heterocycles. The summed E-state index contributed by atoms with van der Waals surface area (Å²) in [5, 5.41) is 9.13. The molecule has 4 heteroatoms. The quantitative estimate of drug-likeness (QED) is 0.918. The Balaban J connectivity index is 2.47. The molecule has 0 bridgehead atoms. The number of benzene rings is 1. The molecule has 0 saturated carbocycles. The van der Waals surface area contributed by atoms with E-state index >= 15 is 0 Å². The third-order valence-electron chi connectivity index (χ3n) is 3.45. The molecule has 0 aliphatic carbocycles. The summed E-state index contributed by atoms with van der Waals surface area (Å²) in [6.07, 6.45) is 0. The van der Waals surface area contributed by atoms with Crippen LogP contribution in [-0.2, 0) is 0 Å². The van der Waals surface area contributed by atoms with Crippen LogP contribution in [0.25, 0.3) is 0 Å². The minimum absolute atomic E-state index is 0.0336. The first-order chi connectivity index (χ1) is 8.91. The normalized spacial score (nSPS) is 12.4. The van der Waals surface area contributed by atoms with Crippen molar-refractivity contribution in [2.45, 2.75) is 26.8 Å². The lowest BCUT2D eigenvalue weighted by Crippen LogP contribution is -2.11. The van der Waals surface area contributed by atoms with E-state index in [0.29, 0.717) is 11.3 Å². The Labute approximate surface area is 111 Å². The molecule has 0 radical (unpaired) electrons. The molecule has 1 atom stereocenters. The number of aryl methyl sites for hydroxylation is 1. The lowest BCUT2D eigenvalue weighted by atomic mass is 10.1. The first-order valence-electron chi connectivity index (χ1n) is 6.09. The number of halogens is 1. The third-order valence-corrected chi connectivity index (χ3v) is 3.45. The highest BCUT2D eigenvalue weighted by atomic mass is 19.1. The maximum Gasteiger partial charge on any atom is 0.337 e. The Hall–Kier alpha value is -2.10. The lowest BCUT2D eigenvalue weighted by molar-refractivity contribution is 0.0696. The third kappa shape index (κ3) is 2.38. The molecule has 1 heterocycles. The Bertz CT molecular complexity index is 614. The van der Waals surface area contributed by atoms with Gasteiger partial charge in [0.1, 0.15) is 5.82 Å². The van der Waals surface area contributed by atoms with Crippen LogP contribution in [0.4, 0.5) is 4.39 Å². The highest BCUT2D eigenvalue weighted by Crippen LogP contribution is 2.25. The molecule has 1 N–H and O–H groups in total. The monoisotopic (exact) mass is 261 g/mol. The molecular formula is C15H16FNO2. The van der Waals surface area contributed by atoms with Gasteiger partial charge in [-0.15, -0.1) is 0 Å². The molecule has 0 saturated heterocycles. The van der Waals surface area contributed by atoms with E-state index in [-0.39, 0.29) is 11.9 Å². The van der Waals surface area contributed by atoms with Crippen LogP contribution in [0.2, 0.25) is 0 Å². The van der Waals surface area contributed by atoms with E-state index in [1.165, 1.54) is 12.1 Å². The molecule has 100 valence electrons. The summed E-state index contributed by atoms with van der Waals surface area (Å²) in [5.41, 5.74) is 2.85. The molecule has 0 spiro atoms. The van der Waals surface area contributed by atoms with Crippen molar-refractivity contribution < 1.29 is 14.3 Å². The van der Waals surface area contributed by atoms with Crippen molar-refractivity contribution in [3.63, 3.8) is 0 Å². The number of hydrogen-bond acceptors (Lipinski definition) is 1. The van der Waals surface area contributed by atoms with Gasteiger partial charge in [-0.2, -0.15) is 0 Å². The van der Waals surface area contributed by atoms with Gasteiger partial charge >= 0.3 is 5.97 Å². The second-order valence-electron chi connectivity index (χ2n) is 4.69. The lowest BCUT2D eigenvalue weighted by Gasteiger charge is -2.19. The van der Waals surface area contributed by atoms with Crippen LogP contribution in [0, 0.1) is 19.7 Å². The summed E-state index contributed by atoms with van der Waals surface area (Å²) in [5.74, 6) is -1.20. The van der Waals surface area contributed by atoms with Crippen LogP contribution in [0.15, 0.2) is 30.3 Å². The summed E-state index contributed by atoms with van der Waals surface area (Å²) in [6.45, 7) is 5.63. The van der Waals surface area contributed by atoms with Crippen molar-refractivity contribution in [2.75, 3.05) is 0 Å². The van der Waals surface area contributed by atoms with Crippen molar-refractivity contribution in [1.29, 1.82) is 0 Å². The standard InChI is InChI=1S/C15H16FNO2/c1-9-8-14(15(18)19)11(3)17(9)10(2)12-4-6-13(16)7-5-12/h4-8,10H,1-3H3,(H,18,19). The van der Waals surface area contributed by atoms with Gasteiger partial charge in [-0.1, -0.05) is 12.1 Å². The van der Waals surface area contributed by atoms with Crippen LogP contribution in [0.5, 0.6) is 0 Å². The predicted molar refractivity (Wildman–Crippen MR) is 71.1 cm³/mol. The summed E-state index contributed by atoms with van der Waals surface area (Å²) < 4.78 is 14.9. The van der Waals surface area contributed by atoms with E-state index in [9.17, 15) is 9.18 Å². The van der Waals surface area contributed by atoms with Crippen LogP contribution in [0.1, 0.15) is 40.3 Å². The van der Waals surface area contributed by atoms with Gasteiger partial charge < -0.3 is 9.67 Å². The van der Waals surface area contributed by atoms with Gasteiger partial charge in [0, 0.05) is 11.4 Å². The fourth-order valence-electron chi connectivity index (χ4n) is 2.48. The molecule has 19 heavy (non-hydrogen) atoms. The molecule has 0 aliphatic heterocycles. The number of aromatic nitrogens is 1. The second kappa shape index (κ2) is 4.88. The van der Waals surface area contributed by atoms with Gasteiger partial charge in [0.05, 0.1) is 11.6 Å². The Kier molecular flexibility index (Phi) is 3.42. The number of aromatic carboxylic acids is 1. The fourth-order valence-corrected chi connectivity index (χ4v) is 2.48. The molecule has 0 fully saturated rings. The zero-order chi connectivity index (χ0) is 14.2. The van der Waals surface area contributed by atoms with Crippen molar-refractivity contribution in [3.8, 4) is 0 Å². The predicted octanol–water partition coefficient (Wildman–Crippen LogP) is 3.55. The van der Waals surface area contributed by atoms with Gasteiger partial charge in [0.25, 0.3) is 0 Å². The van der Waals surface area contributed by atoms with Crippen LogP contribution in [0.3, 0.4) is 0 Å². The maximum atomic E-state index is 12.9. The van der Waals surface area contributed by atoms with Crippen LogP contribution < -0.4 is 0 Å². The van der Waals surface area contributed by atoms with Crippen molar-refractivity contribution in [3.05, 3.63) is 58.7 Å². The van der Waals surface area contributed by atoms with Crippen LogP contribution >= 0.6 is 0 Å². The highest BCUT2D eigenvalue weighted by molar-refractivity contribution is 5.89. The smallest absolute Gasteiger partial charge is 0.337 e. The molecule has 0 aliphatic rings. The average molecular weight is 261 g/mol. The summed E-state index contributed by atoms with van der Waals surface area (Å²) in [4.78, 5) is 11.1. The van der Waals surface area contributed by atoms with Crippen molar-refractivity contribution in [1.82, 2.24) is 4.57 Å². The first kappa shape index (κ1) is 13.3. The summed E-state index contributed by atoms with van der Waals surface area (Å²) in [7, 11) is 0. The van der Waals surface area contributed by atoms with Crippen LogP contribution in [-0.4, -0.2) is 15.6 Å². The van der Waals surface area contributed by atoms with Gasteiger partial charge in [-0.3, -0.25) is 0 Å². The molecular weight excluding hydrogens is 245 g/mol. The zero-order valence-corrected chi connectivity index (χ0v) is 11.1. The van der Waals surface area contributed by atoms with E-state index in [4.69, 9.17) is 5.11 Å². The highest BCUT2D eigenvalue weighted by Gasteiger charge is 2.18.